The van der Waals surface area contributed by atoms with Crippen LogP contribution in [0.4, 0.5) is 0 Å². The monoisotopic (exact) mass is 220 g/mol. The average molecular weight is 220 g/mol. The van der Waals surface area contributed by atoms with Gasteiger partial charge in [-0.15, -0.1) is 0 Å². The van der Waals surface area contributed by atoms with Gasteiger partial charge in [0.25, 0.3) is 0 Å². The summed E-state index contributed by atoms with van der Waals surface area (Å²) in [5, 5.41) is 0. The number of imidazole rings is 1. The lowest BCUT2D eigenvalue weighted by atomic mass is 10.5. The number of rotatable bonds is 3. The maximum absolute atomic E-state index is 4.15. The van der Waals surface area contributed by atoms with Crippen LogP contribution < -0.4 is 0 Å². The minimum absolute atomic E-state index is 0.852. The minimum atomic E-state index is 0.852. The van der Waals surface area contributed by atoms with E-state index in [-0.39, 0.29) is 0 Å². The van der Waals surface area contributed by atoms with Crippen molar-refractivity contribution in [2.24, 2.45) is 0 Å². The summed E-state index contributed by atoms with van der Waals surface area (Å²) in [6, 6.07) is 0. The summed E-state index contributed by atoms with van der Waals surface area (Å²) in [5.41, 5.74) is 1.09. The van der Waals surface area contributed by atoms with E-state index >= 15 is 0 Å². The third kappa shape index (κ3) is 5.35. The molecule has 2 heteroatoms. The van der Waals surface area contributed by atoms with E-state index in [2.05, 4.69) is 18.1 Å². The molecule has 0 saturated carbocycles. The van der Waals surface area contributed by atoms with Crippen molar-refractivity contribution in [2.45, 2.75) is 34.6 Å². The molecule has 0 aliphatic heterocycles. The largest absolute Gasteiger partial charge is 0.304 e. The van der Waals surface area contributed by atoms with Crippen LogP contribution in [0.3, 0.4) is 0 Å². The van der Waals surface area contributed by atoms with Gasteiger partial charge in [0, 0.05) is 18.1 Å². The van der Waals surface area contributed by atoms with E-state index in [0.717, 1.165) is 11.5 Å². The highest BCUT2D eigenvalue weighted by molar-refractivity contribution is 5.45. The molecule has 1 heterocycles. The number of hydrogen-bond donors (Lipinski definition) is 0. The van der Waals surface area contributed by atoms with E-state index in [9.17, 15) is 0 Å². The SMILES string of the molecule is C=C/C=C\n1c(C)cnc1C=C.CC.CC. The molecule has 0 aliphatic carbocycles. The topological polar surface area (TPSA) is 17.8 Å². The third-order valence-electron chi connectivity index (χ3n) is 1.56. The normalized spacial score (nSPS) is 8.56. The number of aryl methyl sites for hydroxylation is 1. The van der Waals surface area contributed by atoms with Crippen molar-refractivity contribution in [3.8, 4) is 0 Å². The van der Waals surface area contributed by atoms with Gasteiger partial charge in [-0.1, -0.05) is 46.9 Å². The van der Waals surface area contributed by atoms with Gasteiger partial charge < -0.3 is 4.57 Å². The van der Waals surface area contributed by atoms with Gasteiger partial charge in [0.05, 0.1) is 0 Å². The summed E-state index contributed by atoms with van der Waals surface area (Å²) in [7, 11) is 0. The molecule has 0 saturated heterocycles. The van der Waals surface area contributed by atoms with Crippen LogP contribution >= 0.6 is 0 Å². The molecule has 0 N–H and O–H groups in total. The molecule has 1 aromatic heterocycles. The zero-order valence-corrected chi connectivity index (χ0v) is 11.2. The summed E-state index contributed by atoms with van der Waals surface area (Å²) in [6.45, 7) is 17.3. The first-order chi connectivity index (χ1) is 7.79. The predicted molar refractivity (Wildman–Crippen MR) is 75.3 cm³/mol. The smallest absolute Gasteiger partial charge is 0.136 e. The van der Waals surface area contributed by atoms with Crippen molar-refractivity contribution in [3.63, 3.8) is 0 Å². The molecule has 1 rings (SSSR count). The highest BCUT2D eigenvalue weighted by atomic mass is 15.1. The zero-order chi connectivity index (χ0) is 13.0. The first-order valence-corrected chi connectivity index (χ1v) is 5.75. The van der Waals surface area contributed by atoms with Crippen LogP contribution in [0.15, 0.2) is 31.5 Å². The number of aromatic nitrogens is 2. The molecule has 1 aromatic rings. The van der Waals surface area contributed by atoms with E-state index in [4.69, 9.17) is 0 Å². The minimum Gasteiger partial charge on any atom is -0.304 e. The van der Waals surface area contributed by atoms with E-state index in [0.29, 0.717) is 0 Å². The van der Waals surface area contributed by atoms with Crippen molar-refractivity contribution in [1.82, 2.24) is 9.55 Å². The maximum atomic E-state index is 4.15. The van der Waals surface area contributed by atoms with Gasteiger partial charge in [-0.05, 0) is 19.1 Å². The highest BCUT2D eigenvalue weighted by Gasteiger charge is 1.98. The lowest BCUT2D eigenvalue weighted by Gasteiger charge is -1.98. The molecule has 0 spiro atoms. The Morgan fingerprint density at radius 3 is 2.19 bits per heavy atom. The van der Waals surface area contributed by atoms with Gasteiger partial charge in [0.15, 0.2) is 0 Å². The Kier molecular flexibility index (Phi) is 12.1. The Balaban J connectivity index is 0. The van der Waals surface area contributed by atoms with Crippen LogP contribution in [0.1, 0.15) is 39.2 Å². The van der Waals surface area contributed by atoms with Crippen molar-refractivity contribution >= 4 is 12.3 Å². The second-order valence-corrected chi connectivity index (χ2v) is 2.41. The van der Waals surface area contributed by atoms with E-state index in [1.54, 1.807) is 12.2 Å². The molecule has 0 bridgehead atoms. The van der Waals surface area contributed by atoms with Crippen LogP contribution in [0.2, 0.25) is 0 Å². The van der Waals surface area contributed by atoms with E-state index in [1.165, 1.54) is 0 Å². The lowest BCUT2D eigenvalue weighted by Crippen LogP contribution is -1.91. The first-order valence-electron chi connectivity index (χ1n) is 5.75. The van der Waals surface area contributed by atoms with Gasteiger partial charge in [0.2, 0.25) is 0 Å². The second kappa shape index (κ2) is 11.5. The van der Waals surface area contributed by atoms with Gasteiger partial charge in [-0.25, -0.2) is 4.98 Å². The van der Waals surface area contributed by atoms with Gasteiger partial charge >= 0.3 is 0 Å². The Morgan fingerprint density at radius 2 is 1.75 bits per heavy atom. The summed E-state index contributed by atoms with van der Waals surface area (Å²) in [6.07, 6.45) is 9.03. The molecule has 0 aromatic carbocycles. The maximum Gasteiger partial charge on any atom is 0.136 e. The Morgan fingerprint density at radius 1 is 1.19 bits per heavy atom. The van der Waals surface area contributed by atoms with E-state index in [1.807, 2.05) is 57.7 Å². The van der Waals surface area contributed by atoms with Crippen LogP contribution in [0.5, 0.6) is 0 Å². The molecule has 0 atom stereocenters. The van der Waals surface area contributed by atoms with Crippen LogP contribution in [0.25, 0.3) is 12.3 Å². The Bertz CT molecular complexity index is 319. The van der Waals surface area contributed by atoms with Crippen molar-refractivity contribution in [1.29, 1.82) is 0 Å². The highest BCUT2D eigenvalue weighted by Crippen LogP contribution is 2.05. The quantitative estimate of drug-likeness (QED) is 0.684. The molecule has 0 unspecified atom stereocenters. The van der Waals surface area contributed by atoms with E-state index < -0.39 is 0 Å². The Labute approximate surface area is 100 Å². The second-order valence-electron chi connectivity index (χ2n) is 2.41. The third-order valence-corrected chi connectivity index (χ3v) is 1.56. The standard InChI is InChI=1S/C10H12N2.2C2H6/c1-4-6-7-12-9(3)8-11-10(12)5-2;2*1-2/h4-8H,1-2H2,3H3;2*1-2H3/b7-6-;;. The van der Waals surface area contributed by atoms with Crippen molar-refractivity contribution in [3.05, 3.63) is 43.0 Å². The fourth-order valence-corrected chi connectivity index (χ4v) is 0.957. The number of allylic oxidation sites excluding steroid dienone is 2. The van der Waals surface area contributed by atoms with Crippen LogP contribution in [-0.4, -0.2) is 9.55 Å². The summed E-state index contributed by atoms with van der Waals surface area (Å²) in [4.78, 5) is 4.15. The van der Waals surface area contributed by atoms with Gasteiger partial charge in [-0.3, -0.25) is 0 Å². The predicted octanol–water partition coefficient (Wildman–Crippen LogP) is 4.54. The molecule has 16 heavy (non-hydrogen) atoms. The van der Waals surface area contributed by atoms with Crippen molar-refractivity contribution in [2.75, 3.05) is 0 Å². The fourth-order valence-electron chi connectivity index (χ4n) is 0.957. The Hall–Kier alpha value is -1.57. The average Bonchev–Trinajstić information content (AvgIpc) is 2.72. The summed E-state index contributed by atoms with van der Waals surface area (Å²) >= 11 is 0. The van der Waals surface area contributed by atoms with Crippen molar-refractivity contribution < 1.29 is 0 Å². The molecular formula is C14H24N2. The molecule has 2 nitrogen and oxygen atoms in total. The van der Waals surface area contributed by atoms with Crippen LogP contribution in [0, 0.1) is 6.92 Å². The van der Waals surface area contributed by atoms with Crippen LogP contribution in [-0.2, 0) is 0 Å². The fraction of sp³-hybridized carbons (Fsp3) is 0.357. The summed E-state index contributed by atoms with van der Waals surface area (Å²) in [5.74, 6) is 0.852. The van der Waals surface area contributed by atoms with Gasteiger partial charge in [0.1, 0.15) is 5.82 Å². The molecule has 90 valence electrons. The summed E-state index contributed by atoms with van der Waals surface area (Å²) < 4.78 is 1.95. The zero-order valence-electron chi connectivity index (χ0n) is 11.2. The molecule has 0 radical (unpaired) electrons. The van der Waals surface area contributed by atoms with Gasteiger partial charge in [-0.2, -0.15) is 0 Å². The molecule has 0 aliphatic rings. The first kappa shape index (κ1) is 16.8. The number of hydrogen-bond acceptors (Lipinski definition) is 1. The molecule has 0 fully saturated rings. The molecular weight excluding hydrogens is 196 g/mol. The lowest BCUT2D eigenvalue weighted by molar-refractivity contribution is 1.05. The molecule has 0 amide bonds. The number of nitrogens with zero attached hydrogens (tertiary/aromatic N) is 2.